The average molecular weight is 354 g/mol. The molecule has 0 radical (unpaired) electrons. The van der Waals surface area contributed by atoms with Crippen LogP contribution in [0.1, 0.15) is 16.8 Å². The van der Waals surface area contributed by atoms with Crippen LogP contribution in [0.3, 0.4) is 0 Å². The molecule has 1 aromatic heterocycles. The first-order valence-corrected chi connectivity index (χ1v) is 8.16. The molecule has 0 atom stereocenters. The number of benzene rings is 2. The molecule has 4 rings (SSSR count). The van der Waals surface area contributed by atoms with E-state index in [0.29, 0.717) is 35.8 Å². The Hall–Kier alpha value is -3.29. The molecule has 1 aliphatic rings. The minimum Gasteiger partial charge on any atom is -0.490 e. The fourth-order valence-corrected chi connectivity index (χ4v) is 2.61. The van der Waals surface area contributed by atoms with Gasteiger partial charge < -0.3 is 9.47 Å². The SMILES string of the molecule is O=C(Cn1nnc(-c2cccc(F)c2)n1)c1ccc2c(c1)OCCCO2. The van der Waals surface area contributed by atoms with Crippen molar-refractivity contribution in [3.63, 3.8) is 0 Å². The third-order valence-corrected chi connectivity index (χ3v) is 3.89. The van der Waals surface area contributed by atoms with Crippen molar-refractivity contribution in [1.82, 2.24) is 20.2 Å². The summed E-state index contributed by atoms with van der Waals surface area (Å²) in [7, 11) is 0. The summed E-state index contributed by atoms with van der Waals surface area (Å²) in [5.41, 5.74) is 0.970. The molecule has 132 valence electrons. The molecule has 0 bridgehead atoms. The molecular weight excluding hydrogens is 339 g/mol. The average Bonchev–Trinajstić information content (AvgIpc) is 2.97. The van der Waals surface area contributed by atoms with Gasteiger partial charge in [0.1, 0.15) is 12.4 Å². The van der Waals surface area contributed by atoms with E-state index < -0.39 is 0 Å². The molecule has 0 saturated heterocycles. The maximum absolute atomic E-state index is 13.3. The number of aromatic nitrogens is 4. The Balaban J connectivity index is 1.51. The molecule has 0 aliphatic carbocycles. The number of carbonyl (C=O) groups excluding carboxylic acids is 1. The predicted molar refractivity (Wildman–Crippen MR) is 89.6 cm³/mol. The molecule has 3 aromatic rings. The second-order valence-corrected chi connectivity index (χ2v) is 5.79. The molecule has 8 heteroatoms. The molecule has 2 aromatic carbocycles. The predicted octanol–water partition coefficient (Wildman–Crippen LogP) is 2.52. The van der Waals surface area contributed by atoms with Crippen LogP contribution in [0.4, 0.5) is 4.39 Å². The van der Waals surface area contributed by atoms with Gasteiger partial charge in [-0.3, -0.25) is 4.79 Å². The maximum Gasteiger partial charge on any atom is 0.205 e. The van der Waals surface area contributed by atoms with Crippen molar-refractivity contribution in [2.75, 3.05) is 13.2 Å². The van der Waals surface area contributed by atoms with Crippen molar-refractivity contribution in [3.8, 4) is 22.9 Å². The number of Topliss-reactive ketones (excluding diaryl/α,β-unsaturated/α-hetero) is 1. The Morgan fingerprint density at radius 3 is 2.81 bits per heavy atom. The van der Waals surface area contributed by atoms with Crippen LogP contribution in [0.25, 0.3) is 11.4 Å². The van der Waals surface area contributed by atoms with E-state index in [1.165, 1.54) is 16.9 Å². The van der Waals surface area contributed by atoms with E-state index in [1.54, 1.807) is 30.3 Å². The van der Waals surface area contributed by atoms with Crippen LogP contribution in [0.15, 0.2) is 42.5 Å². The van der Waals surface area contributed by atoms with Crippen LogP contribution in [0.5, 0.6) is 11.5 Å². The molecule has 26 heavy (non-hydrogen) atoms. The number of tetrazole rings is 1. The van der Waals surface area contributed by atoms with Crippen LogP contribution < -0.4 is 9.47 Å². The number of fused-ring (bicyclic) bond motifs is 1. The highest BCUT2D eigenvalue weighted by Crippen LogP contribution is 2.30. The number of carbonyl (C=O) groups is 1. The highest BCUT2D eigenvalue weighted by Gasteiger charge is 2.16. The summed E-state index contributed by atoms with van der Waals surface area (Å²) >= 11 is 0. The number of ketones is 1. The summed E-state index contributed by atoms with van der Waals surface area (Å²) in [6, 6.07) is 11.0. The lowest BCUT2D eigenvalue weighted by Gasteiger charge is -2.08. The molecule has 0 fully saturated rings. The zero-order valence-electron chi connectivity index (χ0n) is 13.8. The van der Waals surface area contributed by atoms with Crippen molar-refractivity contribution >= 4 is 5.78 Å². The Kier molecular flexibility index (Phi) is 4.30. The molecule has 0 unspecified atom stereocenters. The maximum atomic E-state index is 13.3. The molecule has 7 nitrogen and oxygen atoms in total. The topological polar surface area (TPSA) is 79.1 Å². The lowest BCUT2D eigenvalue weighted by Crippen LogP contribution is -2.13. The number of rotatable bonds is 4. The van der Waals surface area contributed by atoms with Gasteiger partial charge in [0.05, 0.1) is 13.2 Å². The Morgan fingerprint density at radius 1 is 1.12 bits per heavy atom. The Bertz CT molecular complexity index is 957. The van der Waals surface area contributed by atoms with Crippen LogP contribution in [-0.4, -0.2) is 39.2 Å². The summed E-state index contributed by atoms with van der Waals surface area (Å²) in [6.45, 7) is 1.06. The van der Waals surface area contributed by atoms with Crippen molar-refractivity contribution in [2.45, 2.75) is 13.0 Å². The summed E-state index contributed by atoms with van der Waals surface area (Å²) in [5, 5.41) is 11.9. The first-order valence-electron chi connectivity index (χ1n) is 8.16. The quantitative estimate of drug-likeness (QED) is 0.670. The van der Waals surface area contributed by atoms with Gasteiger partial charge in [-0.15, -0.1) is 10.2 Å². The Labute approximate surface area is 148 Å². The number of hydrogen-bond acceptors (Lipinski definition) is 6. The summed E-state index contributed by atoms with van der Waals surface area (Å²) in [6.07, 6.45) is 0.795. The molecule has 0 amide bonds. The van der Waals surface area contributed by atoms with E-state index in [0.717, 1.165) is 6.42 Å². The van der Waals surface area contributed by atoms with Crippen molar-refractivity contribution in [2.24, 2.45) is 0 Å². The van der Waals surface area contributed by atoms with E-state index in [2.05, 4.69) is 15.4 Å². The van der Waals surface area contributed by atoms with Gasteiger partial charge in [0.15, 0.2) is 17.3 Å². The normalized spacial score (nSPS) is 13.3. The molecule has 2 heterocycles. The van der Waals surface area contributed by atoms with Crippen LogP contribution in [-0.2, 0) is 6.54 Å². The highest BCUT2D eigenvalue weighted by molar-refractivity contribution is 5.96. The molecule has 0 N–H and O–H groups in total. The van der Waals surface area contributed by atoms with E-state index in [1.807, 2.05) is 0 Å². The number of halogens is 1. The van der Waals surface area contributed by atoms with Crippen LogP contribution >= 0.6 is 0 Å². The van der Waals surface area contributed by atoms with Gasteiger partial charge >= 0.3 is 0 Å². The minimum atomic E-state index is -0.387. The van der Waals surface area contributed by atoms with Gasteiger partial charge in [-0.25, -0.2) is 4.39 Å². The lowest BCUT2D eigenvalue weighted by atomic mass is 10.1. The largest absolute Gasteiger partial charge is 0.490 e. The van der Waals surface area contributed by atoms with E-state index in [4.69, 9.17) is 9.47 Å². The summed E-state index contributed by atoms with van der Waals surface area (Å²) < 4.78 is 24.5. The number of hydrogen-bond donors (Lipinski definition) is 0. The van der Waals surface area contributed by atoms with Crippen molar-refractivity contribution in [3.05, 3.63) is 53.8 Å². The van der Waals surface area contributed by atoms with Gasteiger partial charge in [0.25, 0.3) is 0 Å². The lowest BCUT2D eigenvalue weighted by molar-refractivity contribution is 0.0961. The first kappa shape index (κ1) is 16.2. The van der Waals surface area contributed by atoms with Crippen molar-refractivity contribution < 1.29 is 18.7 Å². The number of ether oxygens (including phenoxy) is 2. The van der Waals surface area contributed by atoms with Crippen LogP contribution in [0, 0.1) is 5.82 Å². The highest BCUT2D eigenvalue weighted by atomic mass is 19.1. The Morgan fingerprint density at radius 2 is 1.96 bits per heavy atom. The molecule has 0 spiro atoms. The number of nitrogens with zero attached hydrogens (tertiary/aromatic N) is 4. The van der Waals surface area contributed by atoms with Gasteiger partial charge in [0.2, 0.25) is 5.82 Å². The zero-order chi connectivity index (χ0) is 17.9. The van der Waals surface area contributed by atoms with E-state index in [9.17, 15) is 9.18 Å². The summed E-state index contributed by atoms with van der Waals surface area (Å²) in [4.78, 5) is 13.7. The third-order valence-electron chi connectivity index (χ3n) is 3.89. The summed E-state index contributed by atoms with van der Waals surface area (Å²) in [5.74, 6) is 0.869. The van der Waals surface area contributed by atoms with Crippen LogP contribution in [0.2, 0.25) is 0 Å². The zero-order valence-corrected chi connectivity index (χ0v) is 13.8. The molecule has 1 aliphatic heterocycles. The van der Waals surface area contributed by atoms with Gasteiger partial charge in [-0.05, 0) is 35.5 Å². The fraction of sp³-hybridized carbons (Fsp3) is 0.222. The first-order chi connectivity index (χ1) is 12.7. The monoisotopic (exact) mass is 354 g/mol. The standard InChI is InChI=1S/C18H15FN4O3/c19-14-4-1-3-13(9-14)18-20-22-23(21-18)11-15(24)12-5-6-16-17(10-12)26-8-2-7-25-16/h1,3-6,9-10H,2,7-8,11H2. The molecular formula is C18H15FN4O3. The van der Waals surface area contributed by atoms with Gasteiger partial charge in [0, 0.05) is 17.5 Å². The van der Waals surface area contributed by atoms with Crippen molar-refractivity contribution in [1.29, 1.82) is 0 Å². The smallest absolute Gasteiger partial charge is 0.205 e. The second kappa shape index (κ2) is 6.91. The third kappa shape index (κ3) is 3.39. The minimum absolute atomic E-state index is 0.0814. The van der Waals surface area contributed by atoms with E-state index in [-0.39, 0.29) is 24.0 Å². The fourth-order valence-electron chi connectivity index (χ4n) is 2.61. The van der Waals surface area contributed by atoms with E-state index >= 15 is 0 Å². The van der Waals surface area contributed by atoms with Gasteiger partial charge in [-0.1, -0.05) is 12.1 Å². The van der Waals surface area contributed by atoms with Gasteiger partial charge in [-0.2, -0.15) is 4.80 Å². The molecule has 0 saturated carbocycles. The second-order valence-electron chi connectivity index (χ2n) is 5.79.